The fourth-order valence-corrected chi connectivity index (χ4v) is 3.25. The highest BCUT2D eigenvalue weighted by atomic mass is 16.5. The first-order valence-corrected chi connectivity index (χ1v) is 7.55. The molecule has 0 unspecified atom stereocenters. The Balaban J connectivity index is 2.26. The van der Waals surface area contributed by atoms with Gasteiger partial charge in [-0.1, -0.05) is 31.7 Å². The lowest BCUT2D eigenvalue weighted by Crippen LogP contribution is -2.33. The molecule has 1 N–H and O–H groups in total. The van der Waals surface area contributed by atoms with Gasteiger partial charge >= 0.3 is 5.97 Å². The van der Waals surface area contributed by atoms with E-state index >= 15 is 0 Å². The Bertz CT molecular complexity index is 488. The summed E-state index contributed by atoms with van der Waals surface area (Å²) < 4.78 is 10.5. The number of hydrogen-bond donors (Lipinski definition) is 1. The van der Waals surface area contributed by atoms with Gasteiger partial charge in [0.2, 0.25) is 0 Å². The Morgan fingerprint density at radius 3 is 2.24 bits per heavy atom. The van der Waals surface area contributed by atoms with Crippen molar-refractivity contribution in [3.8, 4) is 11.5 Å². The van der Waals surface area contributed by atoms with E-state index in [4.69, 9.17) is 9.47 Å². The van der Waals surface area contributed by atoms with Gasteiger partial charge in [-0.2, -0.15) is 0 Å². The average molecular weight is 292 g/mol. The van der Waals surface area contributed by atoms with E-state index in [-0.39, 0.29) is 0 Å². The normalized spacial score (nSPS) is 17.8. The third-order valence-electron chi connectivity index (χ3n) is 4.50. The maximum atomic E-state index is 11.9. The van der Waals surface area contributed by atoms with E-state index in [1.807, 2.05) is 18.2 Å². The lowest BCUT2D eigenvalue weighted by atomic mass is 9.75. The van der Waals surface area contributed by atoms with E-state index in [0.717, 1.165) is 44.1 Å². The highest BCUT2D eigenvalue weighted by molar-refractivity contribution is 5.75. The topological polar surface area (TPSA) is 55.8 Å². The molecule has 1 fully saturated rings. The molecule has 116 valence electrons. The van der Waals surface area contributed by atoms with Crippen molar-refractivity contribution in [1.29, 1.82) is 0 Å². The van der Waals surface area contributed by atoms with Crippen LogP contribution in [0.3, 0.4) is 0 Å². The van der Waals surface area contributed by atoms with E-state index in [1.54, 1.807) is 14.2 Å². The molecule has 0 atom stereocenters. The van der Waals surface area contributed by atoms with Crippen molar-refractivity contribution in [3.05, 3.63) is 23.8 Å². The van der Waals surface area contributed by atoms with Crippen LogP contribution in [0.4, 0.5) is 0 Å². The molecule has 0 spiro atoms. The molecule has 1 aliphatic carbocycles. The summed E-state index contributed by atoms with van der Waals surface area (Å²) in [6.07, 6.45) is 6.36. The van der Waals surface area contributed by atoms with Crippen molar-refractivity contribution in [2.75, 3.05) is 14.2 Å². The third-order valence-corrected chi connectivity index (χ3v) is 4.50. The van der Waals surface area contributed by atoms with Crippen LogP contribution in [0.2, 0.25) is 0 Å². The van der Waals surface area contributed by atoms with Crippen LogP contribution in [0.25, 0.3) is 0 Å². The molecule has 2 rings (SSSR count). The fraction of sp³-hybridized carbons (Fsp3) is 0.588. The van der Waals surface area contributed by atoms with Gasteiger partial charge in [-0.3, -0.25) is 4.79 Å². The zero-order valence-corrected chi connectivity index (χ0v) is 12.9. The minimum Gasteiger partial charge on any atom is -0.493 e. The van der Waals surface area contributed by atoms with Crippen LogP contribution in [0.5, 0.6) is 11.5 Å². The van der Waals surface area contributed by atoms with Gasteiger partial charge in [-0.15, -0.1) is 0 Å². The molecule has 0 radical (unpaired) electrons. The number of aliphatic carboxylic acids is 1. The maximum absolute atomic E-state index is 11.9. The molecule has 0 aliphatic heterocycles. The van der Waals surface area contributed by atoms with Crippen molar-refractivity contribution in [2.24, 2.45) is 5.41 Å². The number of hydrogen-bond acceptors (Lipinski definition) is 3. The number of benzene rings is 1. The van der Waals surface area contributed by atoms with Crippen LogP contribution in [0.15, 0.2) is 18.2 Å². The van der Waals surface area contributed by atoms with Gasteiger partial charge in [0.25, 0.3) is 0 Å². The minimum atomic E-state index is -0.667. The summed E-state index contributed by atoms with van der Waals surface area (Å²) in [5, 5.41) is 9.75. The summed E-state index contributed by atoms with van der Waals surface area (Å²) in [6, 6.07) is 5.69. The minimum absolute atomic E-state index is 0.558. The highest BCUT2D eigenvalue weighted by Crippen LogP contribution is 2.39. The van der Waals surface area contributed by atoms with Gasteiger partial charge in [0, 0.05) is 0 Å². The molecule has 1 saturated carbocycles. The third kappa shape index (κ3) is 3.49. The molecule has 0 bridgehead atoms. The summed E-state index contributed by atoms with van der Waals surface area (Å²) in [7, 11) is 3.20. The molecule has 0 heterocycles. The molecular formula is C17H24O4. The number of rotatable bonds is 5. The van der Waals surface area contributed by atoms with Gasteiger partial charge in [0.05, 0.1) is 19.6 Å². The van der Waals surface area contributed by atoms with Gasteiger partial charge < -0.3 is 14.6 Å². The van der Waals surface area contributed by atoms with Gasteiger partial charge in [0.1, 0.15) is 0 Å². The first-order valence-electron chi connectivity index (χ1n) is 7.55. The number of carboxylic acid groups (broad SMARTS) is 1. The molecule has 0 saturated heterocycles. The summed E-state index contributed by atoms with van der Waals surface area (Å²) >= 11 is 0. The molecule has 1 aromatic carbocycles. The second-order valence-corrected chi connectivity index (χ2v) is 5.87. The Kier molecular flexibility index (Phi) is 5.10. The molecular weight excluding hydrogens is 268 g/mol. The van der Waals surface area contributed by atoms with E-state index in [9.17, 15) is 9.90 Å². The lowest BCUT2D eigenvalue weighted by Gasteiger charge is -2.28. The van der Waals surface area contributed by atoms with Crippen molar-refractivity contribution < 1.29 is 19.4 Å². The van der Waals surface area contributed by atoms with Gasteiger partial charge in [-0.05, 0) is 37.0 Å². The van der Waals surface area contributed by atoms with Crippen molar-refractivity contribution in [1.82, 2.24) is 0 Å². The van der Waals surface area contributed by atoms with E-state index in [1.165, 1.54) is 0 Å². The van der Waals surface area contributed by atoms with Crippen LogP contribution in [0, 0.1) is 5.41 Å². The molecule has 0 aromatic heterocycles. The van der Waals surface area contributed by atoms with Crippen LogP contribution >= 0.6 is 0 Å². The summed E-state index contributed by atoms with van der Waals surface area (Å²) in [5.74, 6) is 0.662. The molecule has 21 heavy (non-hydrogen) atoms. The SMILES string of the molecule is COc1ccc(CC2(C(=O)O)CCCCCC2)cc1OC. The van der Waals surface area contributed by atoms with Gasteiger partial charge in [0.15, 0.2) is 11.5 Å². The smallest absolute Gasteiger partial charge is 0.309 e. The zero-order chi connectivity index (χ0) is 15.3. The predicted molar refractivity (Wildman–Crippen MR) is 81.0 cm³/mol. The van der Waals surface area contributed by atoms with E-state index in [0.29, 0.717) is 17.9 Å². The Labute approximate surface area is 126 Å². The van der Waals surface area contributed by atoms with Crippen LogP contribution in [-0.4, -0.2) is 25.3 Å². The maximum Gasteiger partial charge on any atom is 0.309 e. The molecule has 4 nitrogen and oxygen atoms in total. The second kappa shape index (κ2) is 6.83. The van der Waals surface area contributed by atoms with Crippen LogP contribution < -0.4 is 9.47 Å². The highest BCUT2D eigenvalue weighted by Gasteiger charge is 2.38. The quantitative estimate of drug-likeness (QED) is 0.841. The van der Waals surface area contributed by atoms with Crippen LogP contribution in [-0.2, 0) is 11.2 Å². The average Bonchev–Trinajstić information content (AvgIpc) is 2.73. The predicted octanol–water partition coefficient (Wildman–Crippen LogP) is 3.67. The first kappa shape index (κ1) is 15.7. The number of carbonyl (C=O) groups is 1. The molecule has 0 amide bonds. The van der Waals surface area contributed by atoms with Crippen molar-refractivity contribution >= 4 is 5.97 Å². The van der Waals surface area contributed by atoms with Crippen molar-refractivity contribution in [3.63, 3.8) is 0 Å². The fourth-order valence-electron chi connectivity index (χ4n) is 3.25. The lowest BCUT2D eigenvalue weighted by molar-refractivity contribution is -0.149. The van der Waals surface area contributed by atoms with Gasteiger partial charge in [-0.25, -0.2) is 0 Å². The standard InChI is InChI=1S/C17H24O4/c1-20-14-8-7-13(11-15(14)21-2)12-17(16(18)19)9-5-3-4-6-10-17/h7-8,11H,3-6,9-10,12H2,1-2H3,(H,18,19). The second-order valence-electron chi connectivity index (χ2n) is 5.87. The Morgan fingerprint density at radius 1 is 1.10 bits per heavy atom. The Morgan fingerprint density at radius 2 is 1.71 bits per heavy atom. The van der Waals surface area contributed by atoms with Crippen molar-refractivity contribution in [2.45, 2.75) is 44.9 Å². The summed E-state index contributed by atoms with van der Waals surface area (Å²) in [4.78, 5) is 11.9. The molecule has 1 aromatic rings. The number of carboxylic acids is 1. The largest absolute Gasteiger partial charge is 0.493 e. The molecule has 1 aliphatic rings. The zero-order valence-electron chi connectivity index (χ0n) is 12.9. The summed E-state index contributed by atoms with van der Waals surface area (Å²) in [5.41, 5.74) is 0.368. The van der Waals surface area contributed by atoms with E-state index in [2.05, 4.69) is 0 Å². The molecule has 4 heteroatoms. The number of ether oxygens (including phenoxy) is 2. The van der Waals surface area contributed by atoms with E-state index < -0.39 is 11.4 Å². The Hall–Kier alpha value is -1.71. The monoisotopic (exact) mass is 292 g/mol. The van der Waals surface area contributed by atoms with Crippen LogP contribution in [0.1, 0.15) is 44.1 Å². The first-order chi connectivity index (χ1) is 10.1. The summed E-state index contributed by atoms with van der Waals surface area (Å²) in [6.45, 7) is 0. The number of methoxy groups -OCH3 is 2.